The Bertz CT molecular complexity index is 356. The number of carboxylic acid groups (broad SMARTS) is 1. The lowest BCUT2D eigenvalue weighted by Crippen LogP contribution is -2.20. The number of pyridine rings is 1. The maximum atomic E-state index is 10.9. The summed E-state index contributed by atoms with van der Waals surface area (Å²) in [6.07, 6.45) is 3.01. The quantitative estimate of drug-likeness (QED) is 0.799. The van der Waals surface area contributed by atoms with Gasteiger partial charge in [-0.2, -0.15) is 0 Å². The van der Waals surface area contributed by atoms with Crippen LogP contribution < -0.4 is 5.32 Å². The maximum absolute atomic E-state index is 10.9. The number of carboxylic acids is 1. The second-order valence-electron chi connectivity index (χ2n) is 4.64. The van der Waals surface area contributed by atoms with Crippen molar-refractivity contribution in [2.75, 3.05) is 11.9 Å². The topological polar surface area (TPSA) is 62.2 Å². The van der Waals surface area contributed by atoms with Crippen LogP contribution in [0, 0.1) is 5.41 Å². The van der Waals surface area contributed by atoms with E-state index in [1.54, 1.807) is 0 Å². The fourth-order valence-corrected chi connectivity index (χ4v) is 1.08. The van der Waals surface area contributed by atoms with Crippen LogP contribution in [0.4, 0.5) is 5.69 Å². The Morgan fingerprint density at radius 3 is 2.73 bits per heavy atom. The van der Waals surface area contributed by atoms with Crippen LogP contribution in [-0.2, 0) is 0 Å². The minimum Gasteiger partial charge on any atom is -0.478 e. The molecule has 15 heavy (non-hydrogen) atoms. The van der Waals surface area contributed by atoms with Gasteiger partial charge in [0.2, 0.25) is 0 Å². The van der Waals surface area contributed by atoms with Gasteiger partial charge in [-0.3, -0.25) is 4.98 Å². The monoisotopic (exact) mass is 208 g/mol. The minimum absolute atomic E-state index is 0.103. The lowest BCUT2D eigenvalue weighted by molar-refractivity contribution is 0.0697. The van der Waals surface area contributed by atoms with Crippen molar-refractivity contribution in [2.45, 2.75) is 20.8 Å². The molecule has 0 unspecified atom stereocenters. The number of anilines is 1. The van der Waals surface area contributed by atoms with Gasteiger partial charge in [0.05, 0.1) is 17.4 Å². The Morgan fingerprint density at radius 1 is 1.53 bits per heavy atom. The number of hydrogen-bond acceptors (Lipinski definition) is 3. The Kier molecular flexibility index (Phi) is 3.29. The third-order valence-corrected chi connectivity index (χ3v) is 1.86. The molecular formula is C11H16N2O2. The van der Waals surface area contributed by atoms with Gasteiger partial charge in [-0.25, -0.2) is 4.79 Å². The number of rotatable bonds is 3. The van der Waals surface area contributed by atoms with Crippen LogP contribution in [0.2, 0.25) is 0 Å². The van der Waals surface area contributed by atoms with Crippen molar-refractivity contribution in [1.29, 1.82) is 0 Å². The lowest BCUT2D eigenvalue weighted by Gasteiger charge is -2.20. The third kappa shape index (κ3) is 3.58. The third-order valence-electron chi connectivity index (χ3n) is 1.86. The Morgan fingerprint density at radius 2 is 2.20 bits per heavy atom. The predicted octanol–water partition coefficient (Wildman–Crippen LogP) is 2.24. The summed E-state index contributed by atoms with van der Waals surface area (Å²) in [4.78, 5) is 14.8. The molecule has 0 saturated carbocycles. The first-order chi connectivity index (χ1) is 6.90. The summed E-state index contributed by atoms with van der Waals surface area (Å²) in [7, 11) is 0. The van der Waals surface area contributed by atoms with Crippen molar-refractivity contribution in [3.63, 3.8) is 0 Å². The molecule has 0 aromatic carbocycles. The standard InChI is InChI=1S/C11H16N2O2/c1-11(2,3)7-13-9-6-12-5-4-8(9)10(14)15/h4-6,13H,7H2,1-3H3,(H,14,15). The van der Waals surface area contributed by atoms with Gasteiger partial charge in [0.15, 0.2) is 0 Å². The summed E-state index contributed by atoms with van der Waals surface area (Å²) in [6, 6.07) is 1.49. The molecule has 0 fully saturated rings. The van der Waals surface area contributed by atoms with Crippen LogP contribution >= 0.6 is 0 Å². The molecule has 1 aromatic rings. The molecule has 1 heterocycles. The molecule has 2 N–H and O–H groups in total. The van der Waals surface area contributed by atoms with E-state index < -0.39 is 5.97 Å². The highest BCUT2D eigenvalue weighted by Crippen LogP contribution is 2.18. The molecule has 0 spiro atoms. The van der Waals surface area contributed by atoms with Gasteiger partial charge in [0.1, 0.15) is 0 Å². The summed E-state index contributed by atoms with van der Waals surface area (Å²) in [6.45, 7) is 6.95. The van der Waals surface area contributed by atoms with E-state index in [2.05, 4.69) is 31.1 Å². The van der Waals surface area contributed by atoms with Gasteiger partial charge < -0.3 is 10.4 Å². The fourth-order valence-electron chi connectivity index (χ4n) is 1.08. The molecule has 4 nitrogen and oxygen atoms in total. The zero-order valence-corrected chi connectivity index (χ0v) is 9.24. The first-order valence-corrected chi connectivity index (χ1v) is 4.81. The lowest BCUT2D eigenvalue weighted by atomic mass is 9.97. The number of aromatic nitrogens is 1. The average Bonchev–Trinajstić information content (AvgIpc) is 2.14. The van der Waals surface area contributed by atoms with E-state index in [4.69, 9.17) is 5.11 Å². The van der Waals surface area contributed by atoms with Crippen LogP contribution in [0.25, 0.3) is 0 Å². The normalized spacial score (nSPS) is 11.1. The largest absolute Gasteiger partial charge is 0.478 e. The van der Waals surface area contributed by atoms with Gasteiger partial charge in [0.25, 0.3) is 0 Å². The molecule has 1 aromatic heterocycles. The van der Waals surface area contributed by atoms with Crippen molar-refractivity contribution in [3.8, 4) is 0 Å². The molecule has 0 aliphatic rings. The molecule has 0 aliphatic carbocycles. The Labute approximate surface area is 89.3 Å². The van der Waals surface area contributed by atoms with Gasteiger partial charge in [-0.05, 0) is 11.5 Å². The van der Waals surface area contributed by atoms with Crippen molar-refractivity contribution in [3.05, 3.63) is 24.0 Å². The Balaban J connectivity index is 2.81. The van der Waals surface area contributed by atoms with E-state index in [0.29, 0.717) is 12.2 Å². The summed E-state index contributed by atoms with van der Waals surface area (Å²) in [5.41, 5.74) is 0.931. The van der Waals surface area contributed by atoms with Gasteiger partial charge >= 0.3 is 5.97 Å². The minimum atomic E-state index is -0.936. The van der Waals surface area contributed by atoms with Crippen molar-refractivity contribution in [2.24, 2.45) is 5.41 Å². The molecule has 1 rings (SSSR count). The van der Waals surface area contributed by atoms with Gasteiger partial charge in [-0.1, -0.05) is 20.8 Å². The second kappa shape index (κ2) is 4.29. The molecule has 82 valence electrons. The number of hydrogen-bond donors (Lipinski definition) is 2. The fraction of sp³-hybridized carbons (Fsp3) is 0.455. The smallest absolute Gasteiger partial charge is 0.337 e. The second-order valence-corrected chi connectivity index (χ2v) is 4.64. The van der Waals surface area contributed by atoms with Crippen LogP contribution in [0.3, 0.4) is 0 Å². The summed E-state index contributed by atoms with van der Waals surface area (Å²) < 4.78 is 0. The van der Waals surface area contributed by atoms with E-state index in [1.165, 1.54) is 18.5 Å². The summed E-state index contributed by atoms with van der Waals surface area (Å²) in [5, 5.41) is 12.0. The zero-order valence-electron chi connectivity index (χ0n) is 9.24. The van der Waals surface area contributed by atoms with Crippen LogP contribution in [0.5, 0.6) is 0 Å². The van der Waals surface area contributed by atoms with Crippen LogP contribution in [0.15, 0.2) is 18.5 Å². The van der Waals surface area contributed by atoms with Gasteiger partial charge in [-0.15, -0.1) is 0 Å². The molecule has 0 radical (unpaired) electrons. The van der Waals surface area contributed by atoms with Crippen LogP contribution in [-0.4, -0.2) is 22.6 Å². The van der Waals surface area contributed by atoms with E-state index in [0.717, 1.165) is 0 Å². The SMILES string of the molecule is CC(C)(C)CNc1cnccc1C(=O)O. The number of nitrogens with zero attached hydrogens (tertiary/aromatic N) is 1. The van der Waals surface area contributed by atoms with Gasteiger partial charge in [0, 0.05) is 12.7 Å². The molecule has 0 aliphatic heterocycles. The summed E-state index contributed by atoms with van der Waals surface area (Å²) >= 11 is 0. The highest BCUT2D eigenvalue weighted by molar-refractivity contribution is 5.93. The van der Waals surface area contributed by atoms with E-state index in [-0.39, 0.29) is 11.0 Å². The van der Waals surface area contributed by atoms with Crippen molar-refractivity contribution < 1.29 is 9.90 Å². The average molecular weight is 208 g/mol. The number of aromatic carboxylic acids is 1. The highest BCUT2D eigenvalue weighted by Gasteiger charge is 2.13. The van der Waals surface area contributed by atoms with E-state index in [1.807, 2.05) is 0 Å². The predicted molar refractivity (Wildman–Crippen MR) is 59.1 cm³/mol. The molecule has 0 bridgehead atoms. The number of nitrogens with one attached hydrogen (secondary N) is 1. The molecule has 4 heteroatoms. The van der Waals surface area contributed by atoms with E-state index in [9.17, 15) is 4.79 Å². The molecule has 0 saturated heterocycles. The first kappa shape index (κ1) is 11.5. The number of carbonyl (C=O) groups is 1. The zero-order chi connectivity index (χ0) is 11.5. The molecular weight excluding hydrogens is 192 g/mol. The van der Waals surface area contributed by atoms with E-state index >= 15 is 0 Å². The first-order valence-electron chi connectivity index (χ1n) is 4.81. The maximum Gasteiger partial charge on any atom is 0.337 e. The molecule has 0 atom stereocenters. The van der Waals surface area contributed by atoms with Crippen molar-refractivity contribution in [1.82, 2.24) is 4.98 Å². The van der Waals surface area contributed by atoms with Crippen molar-refractivity contribution >= 4 is 11.7 Å². The highest BCUT2D eigenvalue weighted by atomic mass is 16.4. The van der Waals surface area contributed by atoms with Crippen LogP contribution in [0.1, 0.15) is 31.1 Å². The summed E-state index contributed by atoms with van der Waals surface area (Å²) in [5.74, 6) is -0.936. The molecule has 0 amide bonds. The Hall–Kier alpha value is -1.58.